The zero-order valence-electron chi connectivity index (χ0n) is 17.7. The fourth-order valence-corrected chi connectivity index (χ4v) is 4.04. The van der Waals surface area contributed by atoms with Crippen LogP contribution in [0.1, 0.15) is 11.1 Å². The van der Waals surface area contributed by atoms with Gasteiger partial charge in [-0.3, -0.25) is 9.59 Å². The third-order valence-electron chi connectivity index (χ3n) is 4.73. The standard InChI is InChI=1S/C25H20ClN3O3S/c1-16-19(26)11-7-12-20(16)28-25-29-24(31)22(33-25)14-17-8-5-6-13-21(17)32-15-23(30)27-18-9-3-2-4-10-18/h2-14H,15H2,1H3,(H,27,30)(H,28,29,31)/b22-14+. The second-order valence-electron chi connectivity index (χ2n) is 7.11. The lowest BCUT2D eigenvalue weighted by Crippen LogP contribution is -2.20. The van der Waals surface area contributed by atoms with Crippen LogP contribution >= 0.6 is 23.4 Å². The number of nitrogens with zero attached hydrogens (tertiary/aromatic N) is 1. The largest absolute Gasteiger partial charge is 0.483 e. The molecule has 6 nitrogen and oxygen atoms in total. The number of carbonyl (C=O) groups is 2. The summed E-state index contributed by atoms with van der Waals surface area (Å²) in [5, 5.41) is 6.64. The summed E-state index contributed by atoms with van der Waals surface area (Å²) in [6, 6.07) is 21.8. The van der Waals surface area contributed by atoms with E-state index in [0.29, 0.717) is 37.8 Å². The van der Waals surface area contributed by atoms with E-state index in [1.54, 1.807) is 30.3 Å². The number of benzene rings is 3. The molecule has 1 fully saturated rings. The Labute approximate surface area is 200 Å². The zero-order valence-corrected chi connectivity index (χ0v) is 19.2. The molecule has 0 bridgehead atoms. The number of aliphatic imine (C=N–C) groups is 1. The van der Waals surface area contributed by atoms with Gasteiger partial charge in [0.25, 0.3) is 11.8 Å². The van der Waals surface area contributed by atoms with E-state index in [2.05, 4.69) is 15.6 Å². The summed E-state index contributed by atoms with van der Waals surface area (Å²) in [5.41, 5.74) is 2.91. The Balaban J connectivity index is 1.47. The number of nitrogens with one attached hydrogen (secondary N) is 2. The number of hydrogen-bond acceptors (Lipinski definition) is 5. The first kappa shape index (κ1) is 22.6. The van der Waals surface area contributed by atoms with Crippen molar-refractivity contribution in [2.75, 3.05) is 11.9 Å². The highest BCUT2D eigenvalue weighted by molar-refractivity contribution is 8.18. The summed E-state index contributed by atoms with van der Waals surface area (Å²) in [7, 11) is 0. The molecule has 0 aromatic heterocycles. The van der Waals surface area contributed by atoms with Crippen LogP contribution in [0.2, 0.25) is 5.02 Å². The van der Waals surface area contributed by atoms with Gasteiger partial charge >= 0.3 is 0 Å². The molecule has 33 heavy (non-hydrogen) atoms. The highest BCUT2D eigenvalue weighted by atomic mass is 35.5. The molecule has 8 heteroatoms. The van der Waals surface area contributed by atoms with Crippen molar-refractivity contribution in [1.29, 1.82) is 0 Å². The van der Waals surface area contributed by atoms with Crippen LogP contribution in [0.4, 0.5) is 11.4 Å². The Morgan fingerprint density at radius 1 is 1.09 bits per heavy atom. The minimum Gasteiger partial charge on any atom is -0.483 e. The van der Waals surface area contributed by atoms with E-state index in [9.17, 15) is 9.59 Å². The number of hydrogen-bond donors (Lipinski definition) is 2. The number of ether oxygens (including phenoxy) is 1. The number of amidine groups is 1. The minimum absolute atomic E-state index is 0.158. The van der Waals surface area contributed by atoms with Crippen molar-refractivity contribution >= 4 is 57.8 Å². The van der Waals surface area contributed by atoms with Crippen molar-refractivity contribution in [3.05, 3.63) is 93.9 Å². The Morgan fingerprint density at radius 3 is 2.67 bits per heavy atom. The Bertz CT molecular complexity index is 1260. The summed E-state index contributed by atoms with van der Waals surface area (Å²) in [6.07, 6.45) is 1.72. The first-order chi connectivity index (χ1) is 16.0. The topological polar surface area (TPSA) is 79.8 Å². The predicted octanol–water partition coefficient (Wildman–Crippen LogP) is 5.56. The maximum Gasteiger partial charge on any atom is 0.264 e. The average Bonchev–Trinajstić information content (AvgIpc) is 3.15. The van der Waals surface area contributed by atoms with Gasteiger partial charge in [-0.25, -0.2) is 4.99 Å². The third-order valence-corrected chi connectivity index (χ3v) is 6.05. The second kappa shape index (κ2) is 10.4. The van der Waals surface area contributed by atoms with Gasteiger partial charge in [-0.05, 0) is 60.7 Å². The van der Waals surface area contributed by atoms with E-state index in [1.165, 1.54) is 11.8 Å². The molecule has 1 aliphatic rings. The van der Waals surface area contributed by atoms with Crippen molar-refractivity contribution in [2.24, 2.45) is 4.99 Å². The molecule has 4 rings (SSSR count). The molecule has 2 amide bonds. The highest BCUT2D eigenvalue weighted by Crippen LogP contribution is 2.32. The van der Waals surface area contributed by atoms with Crippen LogP contribution in [0, 0.1) is 6.92 Å². The van der Waals surface area contributed by atoms with Crippen LogP contribution in [0.3, 0.4) is 0 Å². The van der Waals surface area contributed by atoms with Crippen LogP contribution in [-0.2, 0) is 9.59 Å². The van der Waals surface area contributed by atoms with E-state index in [-0.39, 0.29) is 18.4 Å². The number of amides is 2. The molecule has 3 aromatic carbocycles. The van der Waals surface area contributed by atoms with Gasteiger partial charge < -0.3 is 15.4 Å². The van der Waals surface area contributed by atoms with Gasteiger partial charge in [0.1, 0.15) is 5.75 Å². The Morgan fingerprint density at radius 2 is 1.85 bits per heavy atom. The summed E-state index contributed by atoms with van der Waals surface area (Å²) in [4.78, 5) is 29.7. The lowest BCUT2D eigenvalue weighted by atomic mass is 10.2. The summed E-state index contributed by atoms with van der Waals surface area (Å²) < 4.78 is 5.73. The number of thioether (sulfide) groups is 1. The van der Waals surface area contributed by atoms with Gasteiger partial charge in [-0.2, -0.15) is 0 Å². The molecule has 1 heterocycles. The van der Waals surface area contributed by atoms with Crippen molar-refractivity contribution < 1.29 is 14.3 Å². The van der Waals surface area contributed by atoms with Crippen LogP contribution in [0.5, 0.6) is 5.75 Å². The first-order valence-electron chi connectivity index (χ1n) is 10.1. The van der Waals surface area contributed by atoms with Crippen LogP contribution in [-0.4, -0.2) is 23.6 Å². The Hall–Kier alpha value is -3.55. The maximum atomic E-state index is 12.5. The number of rotatable bonds is 6. The van der Waals surface area contributed by atoms with E-state index >= 15 is 0 Å². The molecule has 1 saturated heterocycles. The quantitative estimate of drug-likeness (QED) is 0.456. The highest BCUT2D eigenvalue weighted by Gasteiger charge is 2.24. The lowest BCUT2D eigenvalue weighted by Gasteiger charge is -2.10. The van der Waals surface area contributed by atoms with Gasteiger partial charge in [0.15, 0.2) is 11.8 Å². The second-order valence-corrected chi connectivity index (χ2v) is 8.54. The number of halogens is 1. The smallest absolute Gasteiger partial charge is 0.264 e. The van der Waals surface area contributed by atoms with E-state index in [0.717, 1.165) is 5.56 Å². The fourth-order valence-electron chi connectivity index (χ4n) is 3.04. The first-order valence-corrected chi connectivity index (χ1v) is 11.3. The molecular weight excluding hydrogens is 458 g/mol. The minimum atomic E-state index is -0.275. The lowest BCUT2D eigenvalue weighted by molar-refractivity contribution is -0.118. The maximum absolute atomic E-state index is 12.5. The van der Waals surface area contributed by atoms with Gasteiger partial charge in [0.05, 0.1) is 10.6 Å². The zero-order chi connectivity index (χ0) is 23.2. The predicted molar refractivity (Wildman–Crippen MR) is 134 cm³/mol. The van der Waals surface area contributed by atoms with Crippen molar-refractivity contribution in [3.8, 4) is 5.75 Å². The van der Waals surface area contributed by atoms with Crippen LogP contribution in [0.25, 0.3) is 6.08 Å². The molecule has 0 unspecified atom stereocenters. The average molecular weight is 478 g/mol. The fraction of sp³-hybridized carbons (Fsp3) is 0.0800. The number of carbonyl (C=O) groups excluding carboxylic acids is 2. The summed E-state index contributed by atoms with van der Waals surface area (Å²) in [5.74, 6) is -0.0318. The molecule has 166 valence electrons. The molecule has 3 aromatic rings. The number of anilines is 1. The molecule has 0 aliphatic carbocycles. The van der Waals surface area contributed by atoms with Gasteiger partial charge in [-0.1, -0.05) is 54.1 Å². The van der Waals surface area contributed by atoms with Crippen LogP contribution < -0.4 is 15.4 Å². The van der Waals surface area contributed by atoms with Crippen molar-refractivity contribution in [1.82, 2.24) is 5.32 Å². The molecule has 2 N–H and O–H groups in total. The van der Waals surface area contributed by atoms with E-state index in [4.69, 9.17) is 16.3 Å². The Kier molecular flexibility index (Phi) is 7.12. The summed E-state index contributed by atoms with van der Waals surface area (Å²) in [6.45, 7) is 1.72. The van der Waals surface area contributed by atoms with Crippen molar-refractivity contribution in [2.45, 2.75) is 6.92 Å². The molecular formula is C25H20ClN3O3S. The SMILES string of the molecule is Cc1c(Cl)cccc1N=C1NC(=O)/C(=C\c2ccccc2OCC(=O)Nc2ccccc2)S1. The monoisotopic (exact) mass is 477 g/mol. The molecule has 1 aliphatic heterocycles. The molecule has 0 radical (unpaired) electrons. The van der Waals surface area contributed by atoms with Crippen molar-refractivity contribution in [3.63, 3.8) is 0 Å². The van der Waals surface area contributed by atoms with E-state index in [1.807, 2.05) is 55.5 Å². The molecule has 0 atom stereocenters. The summed E-state index contributed by atoms with van der Waals surface area (Å²) >= 11 is 7.39. The van der Waals surface area contributed by atoms with E-state index < -0.39 is 0 Å². The molecule has 0 spiro atoms. The third kappa shape index (κ3) is 5.83. The normalized spacial score (nSPS) is 15.5. The van der Waals surface area contributed by atoms with Gasteiger partial charge in [-0.15, -0.1) is 0 Å². The van der Waals surface area contributed by atoms with Gasteiger partial charge in [0.2, 0.25) is 0 Å². The van der Waals surface area contributed by atoms with Gasteiger partial charge in [0, 0.05) is 16.3 Å². The molecule has 0 saturated carbocycles. The van der Waals surface area contributed by atoms with Crippen LogP contribution in [0.15, 0.2) is 82.7 Å². The number of para-hydroxylation sites is 2.